The van der Waals surface area contributed by atoms with Gasteiger partial charge in [-0.25, -0.2) is 0 Å². The van der Waals surface area contributed by atoms with E-state index in [1.165, 1.54) is 23.5 Å². The maximum Gasteiger partial charge on any atom is 0.416 e. The molecule has 0 saturated carbocycles. The third kappa shape index (κ3) is 6.80. The molecule has 5 rings (SSSR count). The van der Waals surface area contributed by atoms with Crippen LogP contribution in [0, 0.1) is 6.92 Å². The molecule has 1 aliphatic heterocycles. The molecule has 1 N–H and O–H groups in total. The molecule has 0 spiro atoms. The Kier molecular flexibility index (Phi) is 8.45. The van der Waals surface area contributed by atoms with Crippen molar-refractivity contribution in [3.63, 3.8) is 0 Å². The van der Waals surface area contributed by atoms with Crippen molar-refractivity contribution in [2.24, 2.45) is 0 Å². The summed E-state index contributed by atoms with van der Waals surface area (Å²) in [5, 5.41) is 16.9. The highest BCUT2D eigenvalue weighted by Gasteiger charge is 2.36. The number of alkyl halides is 3. The number of thiophene rings is 1. The number of halogens is 3. The van der Waals surface area contributed by atoms with Crippen molar-refractivity contribution in [2.75, 3.05) is 18.1 Å². The van der Waals surface area contributed by atoms with E-state index in [0.29, 0.717) is 18.0 Å². The summed E-state index contributed by atoms with van der Waals surface area (Å²) >= 11 is 1.39. The van der Waals surface area contributed by atoms with Gasteiger partial charge in [0.15, 0.2) is 0 Å². The molecule has 2 amide bonds. The first-order valence-electron chi connectivity index (χ1n) is 13.0. The molecule has 13 heteroatoms. The van der Waals surface area contributed by atoms with E-state index in [-0.39, 0.29) is 18.3 Å². The third-order valence-corrected chi connectivity index (χ3v) is 7.48. The lowest BCUT2D eigenvalue weighted by Gasteiger charge is -2.32. The zero-order valence-corrected chi connectivity index (χ0v) is 22.9. The van der Waals surface area contributed by atoms with Crippen LogP contribution in [0.25, 0.3) is 10.7 Å². The molecule has 0 aliphatic carbocycles. The molecule has 0 radical (unpaired) electrons. The topological polar surface area (TPSA) is 102 Å². The Hall–Kier alpha value is -4.10. The van der Waals surface area contributed by atoms with E-state index in [4.69, 9.17) is 4.74 Å². The average Bonchev–Trinajstić information content (AvgIpc) is 3.74. The molecule has 0 bridgehead atoms. The fourth-order valence-corrected chi connectivity index (χ4v) is 5.21. The molecule has 2 atom stereocenters. The van der Waals surface area contributed by atoms with Crippen molar-refractivity contribution in [1.29, 1.82) is 0 Å². The maximum absolute atomic E-state index is 13.9. The van der Waals surface area contributed by atoms with Gasteiger partial charge in [-0.3, -0.25) is 14.5 Å². The molecule has 9 nitrogen and oxygen atoms in total. The van der Waals surface area contributed by atoms with Crippen LogP contribution < -0.4 is 10.2 Å². The Balaban J connectivity index is 1.53. The van der Waals surface area contributed by atoms with Gasteiger partial charge in [0.05, 0.1) is 16.5 Å². The van der Waals surface area contributed by atoms with Gasteiger partial charge < -0.3 is 10.1 Å². The zero-order valence-electron chi connectivity index (χ0n) is 22.0. The van der Waals surface area contributed by atoms with Crippen LogP contribution in [0.15, 0.2) is 66.0 Å². The Morgan fingerprint density at radius 3 is 2.66 bits per heavy atom. The average molecular weight is 585 g/mol. The van der Waals surface area contributed by atoms with Crippen LogP contribution in [0.4, 0.5) is 18.9 Å². The Morgan fingerprint density at radius 1 is 1.17 bits per heavy atom. The quantitative estimate of drug-likeness (QED) is 0.303. The summed E-state index contributed by atoms with van der Waals surface area (Å²) in [6.07, 6.45) is -3.19. The van der Waals surface area contributed by atoms with Gasteiger partial charge in [-0.2, -0.15) is 18.0 Å². The fraction of sp³-hybridized carbons (Fsp3) is 0.321. The number of hydrogen-bond donors (Lipinski definition) is 1. The number of benzene rings is 2. The zero-order chi connectivity index (χ0) is 29.0. The lowest BCUT2D eigenvalue weighted by Crippen LogP contribution is -2.46. The van der Waals surface area contributed by atoms with Gasteiger partial charge in [-0.1, -0.05) is 42.0 Å². The van der Waals surface area contributed by atoms with E-state index in [9.17, 15) is 22.8 Å². The van der Waals surface area contributed by atoms with Gasteiger partial charge >= 0.3 is 6.18 Å². The number of aryl methyl sites for hydroxylation is 1. The number of carbonyl (C=O) groups excluding carboxylic acids is 2. The van der Waals surface area contributed by atoms with Crippen LogP contribution in [0.3, 0.4) is 0 Å². The fourth-order valence-electron chi connectivity index (χ4n) is 4.56. The lowest BCUT2D eigenvalue weighted by atomic mass is 10.0. The third-order valence-electron chi connectivity index (χ3n) is 6.62. The van der Waals surface area contributed by atoms with Crippen molar-refractivity contribution >= 4 is 28.8 Å². The lowest BCUT2D eigenvalue weighted by molar-refractivity contribution is -0.137. The van der Waals surface area contributed by atoms with E-state index < -0.39 is 36.1 Å². The van der Waals surface area contributed by atoms with Crippen LogP contribution in [0.2, 0.25) is 0 Å². The molecule has 1 fully saturated rings. The second kappa shape index (κ2) is 12.2. The molecular weight excluding hydrogens is 557 g/mol. The molecule has 1 aliphatic rings. The standard InChI is InChI=1S/C28H27F3N6O3S/c1-18-9-11-19(12-10-18)25(27(39)32-16-22-7-3-13-40-22)37(21-6-2-5-20(15-21)28(29,30)31)24(38)17-36-34-26(33-35-36)23-8-4-14-41-23/h2,4-6,8-12,14-15,22,25H,3,7,13,16-17H2,1H3,(H,32,39)/t22-,25+/m0/s1. The minimum absolute atomic E-state index is 0.0961. The van der Waals surface area contributed by atoms with E-state index in [1.807, 2.05) is 18.4 Å². The van der Waals surface area contributed by atoms with Crippen LogP contribution in [0.5, 0.6) is 0 Å². The summed E-state index contributed by atoms with van der Waals surface area (Å²) < 4.78 is 46.7. The number of tetrazole rings is 1. The van der Waals surface area contributed by atoms with Crippen LogP contribution >= 0.6 is 11.3 Å². The summed E-state index contributed by atoms with van der Waals surface area (Å²) in [4.78, 5) is 30.6. The molecule has 41 heavy (non-hydrogen) atoms. The Bertz CT molecular complexity index is 1480. The van der Waals surface area contributed by atoms with Gasteiger partial charge in [0.1, 0.15) is 12.6 Å². The summed E-state index contributed by atoms with van der Waals surface area (Å²) in [5.74, 6) is -0.943. The van der Waals surface area contributed by atoms with Crippen LogP contribution in [-0.2, 0) is 27.0 Å². The van der Waals surface area contributed by atoms with Crippen molar-refractivity contribution in [3.8, 4) is 10.7 Å². The maximum atomic E-state index is 13.9. The molecule has 3 heterocycles. The first-order valence-corrected chi connectivity index (χ1v) is 13.8. The molecule has 214 valence electrons. The van der Waals surface area contributed by atoms with Crippen LogP contribution in [-0.4, -0.2) is 51.3 Å². The number of carbonyl (C=O) groups is 2. The van der Waals surface area contributed by atoms with E-state index in [1.54, 1.807) is 30.3 Å². The van der Waals surface area contributed by atoms with E-state index in [2.05, 4.69) is 20.7 Å². The monoisotopic (exact) mass is 584 g/mol. The predicted molar refractivity (Wildman–Crippen MR) is 146 cm³/mol. The van der Waals surface area contributed by atoms with Crippen LogP contribution in [0.1, 0.15) is 35.6 Å². The number of amides is 2. The van der Waals surface area contributed by atoms with Crippen molar-refractivity contribution < 1.29 is 27.5 Å². The predicted octanol–water partition coefficient (Wildman–Crippen LogP) is 4.80. The second-order valence-electron chi connectivity index (χ2n) is 9.63. The minimum atomic E-state index is -4.66. The summed E-state index contributed by atoms with van der Waals surface area (Å²) in [6, 6.07) is 13.6. The minimum Gasteiger partial charge on any atom is -0.376 e. The van der Waals surface area contributed by atoms with Crippen molar-refractivity contribution in [2.45, 2.75) is 44.6 Å². The van der Waals surface area contributed by atoms with Gasteiger partial charge in [0.25, 0.3) is 5.91 Å². The molecule has 0 unspecified atom stereocenters. The second-order valence-corrected chi connectivity index (χ2v) is 10.6. The smallest absolute Gasteiger partial charge is 0.376 e. The van der Waals surface area contributed by atoms with Gasteiger partial charge in [0.2, 0.25) is 11.7 Å². The Labute approximate surface area is 237 Å². The normalized spacial score (nSPS) is 16.0. The first-order chi connectivity index (χ1) is 19.7. The molecular formula is C28H27F3N6O3S. The van der Waals surface area contributed by atoms with Crippen molar-refractivity contribution in [3.05, 3.63) is 82.7 Å². The molecule has 2 aromatic carbocycles. The summed E-state index contributed by atoms with van der Waals surface area (Å²) in [6.45, 7) is 2.21. The number of hydrogen-bond acceptors (Lipinski definition) is 7. The number of nitrogens with zero attached hydrogens (tertiary/aromatic N) is 5. The summed E-state index contributed by atoms with van der Waals surface area (Å²) in [7, 11) is 0. The van der Waals surface area contributed by atoms with E-state index in [0.717, 1.165) is 45.1 Å². The number of rotatable bonds is 9. The number of ether oxygens (including phenoxy) is 1. The first kappa shape index (κ1) is 28.4. The Morgan fingerprint density at radius 2 is 1.98 bits per heavy atom. The highest BCUT2D eigenvalue weighted by Crippen LogP contribution is 2.35. The van der Waals surface area contributed by atoms with Gasteiger partial charge in [0, 0.05) is 18.8 Å². The largest absolute Gasteiger partial charge is 0.416 e. The summed E-state index contributed by atoms with van der Waals surface area (Å²) in [5.41, 5.74) is 0.296. The number of aromatic nitrogens is 4. The SMILES string of the molecule is Cc1ccc([C@H](C(=O)NC[C@@H]2CCCO2)N(C(=O)Cn2nnc(-c3cccs3)n2)c2cccc(C(F)(F)F)c2)cc1. The van der Waals surface area contributed by atoms with Gasteiger partial charge in [-0.15, -0.1) is 21.5 Å². The highest BCUT2D eigenvalue weighted by molar-refractivity contribution is 7.13. The highest BCUT2D eigenvalue weighted by atomic mass is 32.1. The molecule has 2 aromatic heterocycles. The van der Waals surface area contributed by atoms with E-state index >= 15 is 0 Å². The number of anilines is 1. The molecule has 1 saturated heterocycles. The number of nitrogens with one attached hydrogen (secondary N) is 1. The molecule has 4 aromatic rings. The van der Waals surface area contributed by atoms with Crippen molar-refractivity contribution in [1.82, 2.24) is 25.5 Å². The van der Waals surface area contributed by atoms with Gasteiger partial charge in [-0.05, 0) is 60.2 Å².